The van der Waals surface area contributed by atoms with Crippen LogP contribution in [0.5, 0.6) is 0 Å². The largest absolute Gasteiger partial charge is 0.444 e. The fourth-order valence-electron chi connectivity index (χ4n) is 2.01. The number of nitrogens with one attached hydrogen (secondary N) is 1. The SMILES string of the molecule is CC(C)(C)OC(=O)Nc1cccc(Cn2ccc(C=O)c2)c1. The highest BCUT2D eigenvalue weighted by Gasteiger charge is 2.16. The van der Waals surface area contributed by atoms with Gasteiger partial charge in [-0.3, -0.25) is 10.1 Å². The molecule has 2 rings (SSSR count). The normalized spacial score (nSPS) is 11.0. The Hall–Kier alpha value is -2.56. The van der Waals surface area contributed by atoms with Crippen molar-refractivity contribution in [1.29, 1.82) is 0 Å². The first-order valence-corrected chi connectivity index (χ1v) is 7.05. The first-order chi connectivity index (χ1) is 10.4. The molecule has 0 radical (unpaired) electrons. The highest BCUT2D eigenvalue weighted by molar-refractivity contribution is 5.84. The van der Waals surface area contributed by atoms with Gasteiger partial charge in [-0.15, -0.1) is 0 Å². The zero-order valence-electron chi connectivity index (χ0n) is 13.0. The van der Waals surface area contributed by atoms with E-state index in [9.17, 15) is 9.59 Å². The minimum atomic E-state index is -0.530. The summed E-state index contributed by atoms with van der Waals surface area (Å²) in [7, 11) is 0. The van der Waals surface area contributed by atoms with Gasteiger partial charge in [0.1, 0.15) is 5.60 Å². The topological polar surface area (TPSA) is 60.3 Å². The number of benzene rings is 1. The lowest BCUT2D eigenvalue weighted by atomic mass is 10.2. The Balaban J connectivity index is 2.03. The van der Waals surface area contributed by atoms with Gasteiger partial charge in [0, 0.05) is 30.2 Å². The summed E-state index contributed by atoms with van der Waals surface area (Å²) in [6.07, 6.45) is 3.96. The van der Waals surface area contributed by atoms with Gasteiger partial charge >= 0.3 is 6.09 Å². The van der Waals surface area contributed by atoms with Crippen molar-refractivity contribution in [2.75, 3.05) is 5.32 Å². The van der Waals surface area contributed by atoms with E-state index in [0.29, 0.717) is 17.8 Å². The highest BCUT2D eigenvalue weighted by atomic mass is 16.6. The molecule has 0 atom stereocenters. The lowest BCUT2D eigenvalue weighted by Crippen LogP contribution is -2.27. The van der Waals surface area contributed by atoms with Crippen LogP contribution in [0.1, 0.15) is 36.7 Å². The Morgan fingerprint density at radius 1 is 1.32 bits per heavy atom. The second-order valence-corrected chi connectivity index (χ2v) is 6.06. The van der Waals surface area contributed by atoms with Crippen LogP contribution in [0.25, 0.3) is 0 Å². The highest BCUT2D eigenvalue weighted by Crippen LogP contribution is 2.15. The second-order valence-electron chi connectivity index (χ2n) is 6.06. The summed E-state index contributed by atoms with van der Waals surface area (Å²) in [4.78, 5) is 22.4. The Bertz CT molecular complexity index is 669. The Morgan fingerprint density at radius 3 is 2.73 bits per heavy atom. The van der Waals surface area contributed by atoms with Gasteiger partial charge < -0.3 is 9.30 Å². The maximum absolute atomic E-state index is 11.8. The second kappa shape index (κ2) is 6.47. The average Bonchev–Trinajstić information content (AvgIpc) is 2.84. The van der Waals surface area contributed by atoms with Crippen molar-refractivity contribution in [3.05, 3.63) is 53.9 Å². The molecule has 0 aliphatic rings. The quantitative estimate of drug-likeness (QED) is 0.876. The molecule has 0 saturated carbocycles. The van der Waals surface area contributed by atoms with Crippen molar-refractivity contribution < 1.29 is 14.3 Å². The van der Waals surface area contributed by atoms with Crippen LogP contribution >= 0.6 is 0 Å². The molecule has 0 spiro atoms. The van der Waals surface area contributed by atoms with Crippen LogP contribution in [-0.2, 0) is 11.3 Å². The number of carbonyl (C=O) groups excluding carboxylic acids is 2. The molecular formula is C17H20N2O3. The number of hydrogen-bond acceptors (Lipinski definition) is 3. The number of aldehydes is 1. The van der Waals surface area contributed by atoms with Gasteiger partial charge in [-0.2, -0.15) is 0 Å². The molecule has 116 valence electrons. The van der Waals surface area contributed by atoms with Crippen LogP contribution in [0.2, 0.25) is 0 Å². The molecule has 0 unspecified atom stereocenters. The fourth-order valence-corrected chi connectivity index (χ4v) is 2.01. The molecule has 0 aliphatic carbocycles. The smallest absolute Gasteiger partial charge is 0.412 e. The third-order valence-electron chi connectivity index (χ3n) is 2.85. The van der Waals surface area contributed by atoms with Crippen LogP contribution in [-0.4, -0.2) is 22.5 Å². The lowest BCUT2D eigenvalue weighted by Gasteiger charge is -2.19. The van der Waals surface area contributed by atoms with Gasteiger partial charge in [0.05, 0.1) is 0 Å². The Labute approximate surface area is 129 Å². The maximum atomic E-state index is 11.8. The summed E-state index contributed by atoms with van der Waals surface area (Å²) in [5.74, 6) is 0. The van der Waals surface area contributed by atoms with Crippen molar-refractivity contribution in [3.8, 4) is 0 Å². The number of hydrogen-bond donors (Lipinski definition) is 1. The third kappa shape index (κ3) is 4.77. The molecule has 0 fully saturated rings. The molecule has 1 aromatic carbocycles. The van der Waals surface area contributed by atoms with Gasteiger partial charge in [0.2, 0.25) is 0 Å². The number of amides is 1. The fraction of sp³-hybridized carbons (Fsp3) is 0.294. The molecule has 5 nitrogen and oxygen atoms in total. The Morgan fingerprint density at radius 2 is 2.09 bits per heavy atom. The van der Waals surface area contributed by atoms with Gasteiger partial charge in [-0.1, -0.05) is 12.1 Å². The number of anilines is 1. The minimum Gasteiger partial charge on any atom is -0.444 e. The molecule has 0 aliphatic heterocycles. The lowest BCUT2D eigenvalue weighted by molar-refractivity contribution is 0.0636. The van der Waals surface area contributed by atoms with Crippen LogP contribution in [0.4, 0.5) is 10.5 Å². The standard InChI is InChI=1S/C17H20N2O3/c1-17(2,3)22-16(21)18-15-6-4-5-13(9-15)10-19-8-7-14(11-19)12-20/h4-9,11-12H,10H2,1-3H3,(H,18,21). The summed E-state index contributed by atoms with van der Waals surface area (Å²) < 4.78 is 7.14. The summed E-state index contributed by atoms with van der Waals surface area (Å²) in [5.41, 5.74) is 1.80. The van der Waals surface area contributed by atoms with E-state index in [1.54, 1.807) is 18.3 Å². The van der Waals surface area contributed by atoms with Crippen molar-refractivity contribution in [3.63, 3.8) is 0 Å². The predicted molar refractivity (Wildman–Crippen MR) is 85.2 cm³/mol. The molecule has 1 heterocycles. The molecule has 22 heavy (non-hydrogen) atoms. The number of carbonyl (C=O) groups is 2. The van der Waals surface area contributed by atoms with E-state index in [1.807, 2.05) is 49.7 Å². The average molecular weight is 300 g/mol. The molecule has 2 aromatic rings. The Kier molecular flexibility index (Phi) is 4.65. The van der Waals surface area contributed by atoms with Crippen LogP contribution in [0.3, 0.4) is 0 Å². The summed E-state index contributed by atoms with van der Waals surface area (Å²) in [6, 6.07) is 9.27. The van der Waals surface area contributed by atoms with Crippen molar-refractivity contribution in [1.82, 2.24) is 4.57 Å². The van der Waals surface area contributed by atoms with Crippen molar-refractivity contribution in [2.24, 2.45) is 0 Å². The molecule has 1 N–H and O–H groups in total. The molecule has 1 aromatic heterocycles. The van der Waals surface area contributed by atoms with Gasteiger partial charge in [-0.05, 0) is 44.5 Å². The number of nitrogens with zero attached hydrogens (tertiary/aromatic N) is 1. The number of ether oxygens (including phenoxy) is 1. The monoisotopic (exact) mass is 300 g/mol. The minimum absolute atomic E-state index is 0.478. The molecular weight excluding hydrogens is 280 g/mol. The summed E-state index contributed by atoms with van der Waals surface area (Å²) >= 11 is 0. The summed E-state index contributed by atoms with van der Waals surface area (Å²) in [5, 5.41) is 2.71. The summed E-state index contributed by atoms with van der Waals surface area (Å²) in [6.45, 7) is 6.08. The van der Waals surface area contributed by atoms with E-state index in [-0.39, 0.29) is 0 Å². The maximum Gasteiger partial charge on any atom is 0.412 e. The zero-order chi connectivity index (χ0) is 16.2. The van der Waals surface area contributed by atoms with Gasteiger partial charge in [0.15, 0.2) is 6.29 Å². The predicted octanol–water partition coefficient (Wildman–Crippen LogP) is 3.70. The zero-order valence-corrected chi connectivity index (χ0v) is 13.0. The van der Waals surface area contributed by atoms with E-state index in [2.05, 4.69) is 5.32 Å². The van der Waals surface area contributed by atoms with Crippen LogP contribution < -0.4 is 5.32 Å². The van der Waals surface area contributed by atoms with Crippen molar-refractivity contribution in [2.45, 2.75) is 32.9 Å². The van der Waals surface area contributed by atoms with Crippen LogP contribution in [0.15, 0.2) is 42.7 Å². The number of rotatable bonds is 4. The van der Waals surface area contributed by atoms with Gasteiger partial charge in [-0.25, -0.2) is 4.79 Å². The van der Waals surface area contributed by atoms with Crippen molar-refractivity contribution >= 4 is 18.1 Å². The molecule has 5 heteroatoms. The van der Waals surface area contributed by atoms with E-state index in [4.69, 9.17) is 4.74 Å². The van der Waals surface area contributed by atoms with E-state index < -0.39 is 11.7 Å². The van der Waals surface area contributed by atoms with E-state index >= 15 is 0 Å². The number of aromatic nitrogens is 1. The first kappa shape index (κ1) is 15.8. The molecule has 1 amide bonds. The van der Waals surface area contributed by atoms with E-state index in [1.165, 1.54) is 0 Å². The molecule has 0 bridgehead atoms. The first-order valence-electron chi connectivity index (χ1n) is 7.05. The van der Waals surface area contributed by atoms with Gasteiger partial charge in [0.25, 0.3) is 0 Å². The van der Waals surface area contributed by atoms with Crippen LogP contribution in [0, 0.1) is 0 Å². The third-order valence-corrected chi connectivity index (χ3v) is 2.85. The molecule has 0 saturated heterocycles. The van der Waals surface area contributed by atoms with E-state index in [0.717, 1.165) is 11.8 Å².